The van der Waals surface area contributed by atoms with E-state index >= 15 is 0 Å². The van der Waals surface area contributed by atoms with Crippen molar-refractivity contribution in [3.8, 4) is 0 Å². The molecule has 11 nitrogen and oxygen atoms in total. The molecule has 5 aromatic rings. The van der Waals surface area contributed by atoms with Gasteiger partial charge in [0.2, 0.25) is 0 Å². The third-order valence-corrected chi connectivity index (χ3v) is 10.5. The Morgan fingerprint density at radius 3 is 2.67 bits per heavy atom. The van der Waals surface area contributed by atoms with Crippen molar-refractivity contribution >= 4 is 28.7 Å². The summed E-state index contributed by atoms with van der Waals surface area (Å²) in [7, 11) is 0. The van der Waals surface area contributed by atoms with Crippen LogP contribution >= 0.6 is 0 Å². The van der Waals surface area contributed by atoms with E-state index in [1.54, 1.807) is 6.33 Å². The van der Waals surface area contributed by atoms with Crippen LogP contribution in [0, 0.1) is 6.92 Å². The molecular formula is C34H40N10O. The fraction of sp³-hybridized carbons (Fsp3) is 0.441. The van der Waals surface area contributed by atoms with Gasteiger partial charge in [0, 0.05) is 63.5 Å². The summed E-state index contributed by atoms with van der Waals surface area (Å²) in [5, 5.41) is 8.20. The predicted octanol–water partition coefficient (Wildman–Crippen LogP) is 4.25. The number of pyridine rings is 1. The molecule has 0 unspecified atom stereocenters. The van der Waals surface area contributed by atoms with E-state index in [0.29, 0.717) is 19.5 Å². The van der Waals surface area contributed by atoms with Crippen LogP contribution in [0.25, 0.3) is 11.2 Å². The van der Waals surface area contributed by atoms with Crippen molar-refractivity contribution < 1.29 is 4.79 Å². The topological polar surface area (TPSA) is 99.2 Å². The number of carbonyl (C=O) groups is 1. The van der Waals surface area contributed by atoms with E-state index in [4.69, 9.17) is 10.1 Å². The van der Waals surface area contributed by atoms with Crippen LogP contribution in [0.1, 0.15) is 49.6 Å². The zero-order valence-electron chi connectivity index (χ0n) is 26.1. The quantitative estimate of drug-likeness (QED) is 0.297. The lowest BCUT2D eigenvalue weighted by atomic mass is 9.77. The summed E-state index contributed by atoms with van der Waals surface area (Å²) in [5.74, 6) is 1.72. The molecule has 0 radical (unpaired) electrons. The van der Waals surface area contributed by atoms with Gasteiger partial charge in [-0.2, -0.15) is 5.10 Å². The van der Waals surface area contributed by atoms with Crippen LogP contribution in [0.5, 0.6) is 0 Å². The van der Waals surface area contributed by atoms with E-state index in [1.165, 1.54) is 11.3 Å². The molecule has 11 heteroatoms. The number of benzene rings is 1. The van der Waals surface area contributed by atoms with Crippen LogP contribution < -0.4 is 15.1 Å². The Balaban J connectivity index is 0.920. The third-order valence-electron chi connectivity index (χ3n) is 10.5. The molecule has 3 aliphatic rings. The maximum atomic E-state index is 13.1. The predicted molar refractivity (Wildman–Crippen MR) is 174 cm³/mol. The monoisotopic (exact) mass is 604 g/mol. The average molecular weight is 605 g/mol. The van der Waals surface area contributed by atoms with Crippen molar-refractivity contribution in [2.24, 2.45) is 0 Å². The van der Waals surface area contributed by atoms with Crippen molar-refractivity contribution in [1.29, 1.82) is 0 Å². The van der Waals surface area contributed by atoms with Crippen molar-refractivity contribution in [2.45, 2.75) is 56.9 Å². The lowest BCUT2D eigenvalue weighted by Gasteiger charge is -2.39. The molecule has 45 heavy (non-hydrogen) atoms. The fourth-order valence-electron chi connectivity index (χ4n) is 7.78. The first-order valence-electron chi connectivity index (χ1n) is 16.2. The van der Waals surface area contributed by atoms with Crippen molar-refractivity contribution in [3.05, 3.63) is 84.5 Å². The normalized spacial score (nSPS) is 21.5. The van der Waals surface area contributed by atoms with Gasteiger partial charge in [-0.3, -0.25) is 0 Å². The number of urea groups is 1. The molecule has 1 spiro atoms. The van der Waals surface area contributed by atoms with Crippen LogP contribution in [0.2, 0.25) is 0 Å². The van der Waals surface area contributed by atoms with E-state index in [2.05, 4.69) is 81.5 Å². The number of rotatable bonds is 7. The Labute approximate surface area is 262 Å². The van der Waals surface area contributed by atoms with E-state index in [9.17, 15) is 4.79 Å². The Morgan fingerprint density at radius 1 is 1.02 bits per heavy atom. The van der Waals surface area contributed by atoms with Crippen LogP contribution in [-0.2, 0) is 11.8 Å². The number of nitrogens with zero attached hydrogens (tertiary/aromatic N) is 9. The second kappa shape index (κ2) is 10.7. The van der Waals surface area contributed by atoms with E-state index in [-0.39, 0.29) is 17.0 Å². The van der Waals surface area contributed by atoms with Gasteiger partial charge >= 0.3 is 6.03 Å². The van der Waals surface area contributed by atoms with E-state index in [1.807, 2.05) is 32.4 Å². The highest BCUT2D eigenvalue weighted by Crippen LogP contribution is 2.40. The van der Waals surface area contributed by atoms with Crippen LogP contribution in [-0.4, -0.2) is 84.7 Å². The number of nitrogens with one attached hydrogen (secondary N) is 1. The smallest absolute Gasteiger partial charge is 0.317 e. The minimum absolute atomic E-state index is 0.00792. The molecule has 0 saturated carbocycles. The van der Waals surface area contributed by atoms with Gasteiger partial charge in [-0.25, -0.2) is 24.3 Å². The van der Waals surface area contributed by atoms with Gasteiger partial charge < -0.3 is 24.4 Å². The molecular weight excluding hydrogens is 564 g/mol. The molecule has 2 amide bonds. The van der Waals surface area contributed by atoms with Crippen LogP contribution in [0.3, 0.4) is 0 Å². The summed E-state index contributed by atoms with van der Waals surface area (Å²) in [5.41, 5.74) is 5.59. The van der Waals surface area contributed by atoms with Crippen molar-refractivity contribution in [2.75, 3.05) is 49.1 Å². The summed E-state index contributed by atoms with van der Waals surface area (Å²) in [4.78, 5) is 33.6. The van der Waals surface area contributed by atoms with Gasteiger partial charge in [0.25, 0.3) is 0 Å². The summed E-state index contributed by atoms with van der Waals surface area (Å²) in [6, 6.07) is 13.2. The number of imidazole rings is 1. The van der Waals surface area contributed by atoms with E-state index in [0.717, 1.165) is 80.2 Å². The average Bonchev–Trinajstić information content (AvgIpc) is 3.86. The molecule has 3 aliphatic heterocycles. The first-order valence-corrected chi connectivity index (χ1v) is 16.2. The molecule has 4 aromatic heterocycles. The molecule has 1 atom stereocenters. The Bertz CT molecular complexity index is 1860. The minimum Gasteiger partial charge on any atom is -0.369 e. The summed E-state index contributed by atoms with van der Waals surface area (Å²) < 4.78 is 3.93. The number of amides is 2. The molecule has 3 fully saturated rings. The Kier molecular flexibility index (Phi) is 6.65. The summed E-state index contributed by atoms with van der Waals surface area (Å²) in [6.07, 6.45) is 14.1. The van der Waals surface area contributed by atoms with Crippen LogP contribution in [0.4, 0.5) is 16.3 Å². The second-order valence-corrected chi connectivity index (χ2v) is 13.2. The van der Waals surface area contributed by atoms with Gasteiger partial charge in [-0.15, -0.1) is 0 Å². The molecule has 1 aromatic carbocycles. The molecule has 1 N–H and O–H groups in total. The summed E-state index contributed by atoms with van der Waals surface area (Å²) in [6.45, 7) is 9.42. The van der Waals surface area contributed by atoms with Gasteiger partial charge in [0.15, 0.2) is 17.3 Å². The Morgan fingerprint density at radius 2 is 1.84 bits per heavy atom. The zero-order chi connectivity index (χ0) is 30.6. The second-order valence-electron chi connectivity index (χ2n) is 13.2. The van der Waals surface area contributed by atoms with Gasteiger partial charge in [0.05, 0.1) is 29.9 Å². The number of piperidine rings is 1. The zero-order valence-corrected chi connectivity index (χ0v) is 26.1. The first-order chi connectivity index (χ1) is 21.9. The Hall–Kier alpha value is -4.67. The lowest BCUT2D eigenvalue weighted by Crippen LogP contribution is -2.52. The highest BCUT2D eigenvalue weighted by molar-refractivity contribution is 5.78. The maximum Gasteiger partial charge on any atom is 0.317 e. The minimum atomic E-state index is -0.208. The third kappa shape index (κ3) is 4.85. The summed E-state index contributed by atoms with van der Waals surface area (Å²) >= 11 is 0. The van der Waals surface area contributed by atoms with E-state index < -0.39 is 0 Å². The number of carbonyl (C=O) groups excluding carboxylic acids is 1. The number of aromatic nitrogens is 6. The standard InChI is InChI=1S/C34H40N10O/c1-3-33(26-7-5-4-6-8-26)10-15-41(22-33)27-19-25(2)30-37-29(39-44(30)21-27)9-14-42-23-34(38-32(42)45)11-16-40(17-12-34)31-28-20-35-24-43(28)18-13-36-31/h4-8,13,18-21,24H,3,9-12,14-17,22-23H2,1-2H3,(H,38,45)/t33-/m1/s1. The molecule has 0 aliphatic carbocycles. The van der Waals surface area contributed by atoms with Gasteiger partial charge in [0.1, 0.15) is 5.52 Å². The van der Waals surface area contributed by atoms with Gasteiger partial charge in [-0.1, -0.05) is 37.3 Å². The number of hydrogen-bond donors (Lipinski definition) is 1. The number of hydrogen-bond acceptors (Lipinski definition) is 7. The fourth-order valence-corrected chi connectivity index (χ4v) is 7.78. The first kappa shape index (κ1) is 27.8. The molecule has 8 rings (SSSR count). The SMILES string of the molecule is CC[C@@]1(c2ccccc2)CCN(c2cc(C)c3nc(CCN4CC5(CCN(c6nccn7cncc67)CC5)NC4=O)nn3c2)C1. The molecule has 232 valence electrons. The highest BCUT2D eigenvalue weighted by atomic mass is 16.2. The van der Waals surface area contributed by atoms with Crippen LogP contribution in [0.15, 0.2) is 67.5 Å². The molecule has 0 bridgehead atoms. The highest BCUT2D eigenvalue weighted by Gasteiger charge is 2.44. The largest absolute Gasteiger partial charge is 0.369 e. The number of aryl methyl sites for hydroxylation is 1. The molecule has 7 heterocycles. The lowest BCUT2D eigenvalue weighted by molar-refractivity contribution is 0.217. The van der Waals surface area contributed by atoms with Gasteiger partial charge in [-0.05, 0) is 49.8 Å². The van der Waals surface area contributed by atoms with Crippen molar-refractivity contribution in [3.63, 3.8) is 0 Å². The van der Waals surface area contributed by atoms with Crippen molar-refractivity contribution in [1.82, 2.24) is 39.2 Å². The number of fused-ring (bicyclic) bond motifs is 2. The molecule has 3 saturated heterocycles. The maximum absolute atomic E-state index is 13.1. The number of anilines is 2.